The van der Waals surface area contributed by atoms with Crippen molar-refractivity contribution in [2.24, 2.45) is 0 Å². The Labute approximate surface area is 123 Å². The molecule has 0 aliphatic heterocycles. The third-order valence-corrected chi connectivity index (χ3v) is 4.21. The Morgan fingerprint density at radius 2 is 2.15 bits per heavy atom. The van der Waals surface area contributed by atoms with E-state index in [1.54, 1.807) is 11.3 Å². The van der Waals surface area contributed by atoms with Crippen LogP contribution in [0.25, 0.3) is 10.2 Å². The fourth-order valence-electron chi connectivity index (χ4n) is 2.24. The number of thiazole rings is 1. The second-order valence-electron chi connectivity index (χ2n) is 4.76. The summed E-state index contributed by atoms with van der Waals surface area (Å²) in [5, 5.41) is 1.09. The van der Waals surface area contributed by atoms with Crippen molar-refractivity contribution in [3.05, 3.63) is 22.7 Å². The van der Waals surface area contributed by atoms with Crippen LogP contribution in [0, 0.1) is 6.92 Å². The Kier molecular flexibility index (Phi) is 5.31. The fourth-order valence-corrected chi connectivity index (χ4v) is 3.08. The average Bonchev–Trinajstić information content (AvgIpc) is 2.80. The number of fused-ring (bicyclic) bond motifs is 1. The molecule has 0 N–H and O–H groups in total. The van der Waals surface area contributed by atoms with Crippen LogP contribution in [0.1, 0.15) is 17.5 Å². The lowest BCUT2D eigenvalue weighted by molar-refractivity contribution is 0.125. The second-order valence-corrected chi connectivity index (χ2v) is 5.99. The molecule has 1 aromatic carbocycles. The van der Waals surface area contributed by atoms with Crippen molar-refractivity contribution in [3.8, 4) is 0 Å². The van der Waals surface area contributed by atoms with Crippen molar-refractivity contribution in [2.75, 3.05) is 38.4 Å². The number of anilines is 1. The number of likely N-dealkylation sites (N-methyl/N-ethyl adjacent to an activating group) is 1. The molecule has 0 aliphatic carbocycles. The van der Waals surface area contributed by atoms with E-state index in [0.717, 1.165) is 23.5 Å². The van der Waals surface area contributed by atoms with Crippen LogP contribution in [-0.4, -0.2) is 38.5 Å². The number of aromatic nitrogens is 1. The SMILES string of the molecule is CCc1cc2nc(C)sc2cc1N(C)CCOCCF. The maximum atomic E-state index is 12.0. The van der Waals surface area contributed by atoms with Gasteiger partial charge in [0.15, 0.2) is 0 Å². The van der Waals surface area contributed by atoms with Gasteiger partial charge < -0.3 is 9.64 Å². The zero-order chi connectivity index (χ0) is 14.5. The first-order valence-electron chi connectivity index (χ1n) is 6.90. The van der Waals surface area contributed by atoms with Gasteiger partial charge in [0.1, 0.15) is 6.67 Å². The lowest BCUT2D eigenvalue weighted by Gasteiger charge is -2.22. The number of halogens is 1. The molecule has 0 saturated carbocycles. The van der Waals surface area contributed by atoms with Crippen molar-refractivity contribution < 1.29 is 9.13 Å². The number of hydrogen-bond acceptors (Lipinski definition) is 4. The highest BCUT2D eigenvalue weighted by atomic mass is 32.1. The average molecular weight is 296 g/mol. The number of ether oxygens (including phenoxy) is 1. The van der Waals surface area contributed by atoms with E-state index in [-0.39, 0.29) is 6.61 Å². The number of rotatable bonds is 7. The normalized spacial score (nSPS) is 11.2. The number of alkyl halides is 1. The van der Waals surface area contributed by atoms with E-state index < -0.39 is 6.67 Å². The van der Waals surface area contributed by atoms with Crippen molar-refractivity contribution in [1.29, 1.82) is 0 Å². The van der Waals surface area contributed by atoms with Gasteiger partial charge in [0.05, 0.1) is 28.4 Å². The highest BCUT2D eigenvalue weighted by Crippen LogP contribution is 2.30. The Hall–Kier alpha value is -1.20. The van der Waals surface area contributed by atoms with Crippen molar-refractivity contribution in [3.63, 3.8) is 0 Å². The summed E-state index contributed by atoms with van der Waals surface area (Å²) in [5.74, 6) is 0. The molecular weight excluding hydrogens is 275 g/mol. The van der Waals surface area contributed by atoms with Crippen molar-refractivity contribution in [2.45, 2.75) is 20.3 Å². The predicted molar refractivity (Wildman–Crippen MR) is 83.8 cm³/mol. The molecule has 0 bridgehead atoms. The molecule has 2 rings (SSSR count). The third kappa shape index (κ3) is 3.46. The van der Waals surface area contributed by atoms with Crippen LogP contribution < -0.4 is 4.90 Å². The molecule has 0 fully saturated rings. The predicted octanol–water partition coefficient (Wildman–Crippen LogP) is 3.59. The molecule has 0 radical (unpaired) electrons. The van der Waals surface area contributed by atoms with Gasteiger partial charge in [-0.1, -0.05) is 6.92 Å². The van der Waals surface area contributed by atoms with Gasteiger partial charge in [0.2, 0.25) is 0 Å². The van der Waals surface area contributed by atoms with Gasteiger partial charge in [-0.2, -0.15) is 0 Å². The van der Waals surface area contributed by atoms with Gasteiger partial charge in [-0.15, -0.1) is 11.3 Å². The summed E-state index contributed by atoms with van der Waals surface area (Å²) in [6, 6.07) is 4.38. The van der Waals surface area contributed by atoms with Crippen LogP contribution >= 0.6 is 11.3 Å². The highest BCUT2D eigenvalue weighted by molar-refractivity contribution is 7.18. The number of benzene rings is 1. The van der Waals surface area contributed by atoms with Crippen LogP contribution in [-0.2, 0) is 11.2 Å². The summed E-state index contributed by atoms with van der Waals surface area (Å²) < 4.78 is 18.4. The largest absolute Gasteiger partial charge is 0.377 e. The monoisotopic (exact) mass is 296 g/mol. The summed E-state index contributed by atoms with van der Waals surface area (Å²) in [6.07, 6.45) is 0.970. The van der Waals surface area contributed by atoms with Crippen molar-refractivity contribution in [1.82, 2.24) is 4.98 Å². The van der Waals surface area contributed by atoms with Gasteiger partial charge >= 0.3 is 0 Å². The Bertz CT molecular complexity index is 570. The molecule has 1 heterocycles. The van der Waals surface area contributed by atoms with E-state index in [2.05, 4.69) is 28.9 Å². The molecule has 0 aliphatic rings. The van der Waals surface area contributed by atoms with Gasteiger partial charge in [0, 0.05) is 19.3 Å². The molecule has 0 unspecified atom stereocenters. The first kappa shape index (κ1) is 15.2. The Morgan fingerprint density at radius 3 is 2.85 bits per heavy atom. The topological polar surface area (TPSA) is 25.4 Å². The zero-order valence-corrected chi connectivity index (χ0v) is 13.1. The molecule has 0 atom stereocenters. The van der Waals surface area contributed by atoms with E-state index in [4.69, 9.17) is 4.74 Å². The van der Waals surface area contributed by atoms with Gasteiger partial charge in [-0.05, 0) is 31.0 Å². The van der Waals surface area contributed by atoms with E-state index >= 15 is 0 Å². The molecule has 1 aromatic heterocycles. The van der Waals surface area contributed by atoms with Crippen LogP contribution in [0.15, 0.2) is 12.1 Å². The Balaban J connectivity index is 2.18. The Morgan fingerprint density at radius 1 is 1.35 bits per heavy atom. The second kappa shape index (κ2) is 6.99. The number of nitrogens with zero attached hydrogens (tertiary/aromatic N) is 2. The lowest BCUT2D eigenvalue weighted by atomic mass is 10.1. The standard InChI is InChI=1S/C15H21FN2OS/c1-4-12-9-13-15(20-11(2)17-13)10-14(12)18(3)6-8-19-7-5-16/h9-10H,4-8H2,1-3H3. The fraction of sp³-hybridized carbons (Fsp3) is 0.533. The minimum absolute atomic E-state index is 0.182. The smallest absolute Gasteiger partial charge is 0.113 e. The van der Waals surface area contributed by atoms with E-state index in [1.165, 1.54) is 16.0 Å². The summed E-state index contributed by atoms with van der Waals surface area (Å²) in [6.45, 7) is 5.25. The first-order valence-corrected chi connectivity index (χ1v) is 7.72. The van der Waals surface area contributed by atoms with Crippen molar-refractivity contribution >= 4 is 27.2 Å². The van der Waals surface area contributed by atoms with E-state index in [9.17, 15) is 4.39 Å². The quantitative estimate of drug-likeness (QED) is 0.730. The lowest BCUT2D eigenvalue weighted by Crippen LogP contribution is -2.24. The zero-order valence-electron chi connectivity index (χ0n) is 12.3. The molecule has 0 spiro atoms. The molecule has 0 amide bonds. The summed E-state index contributed by atoms with van der Waals surface area (Å²) in [5.41, 5.74) is 3.58. The molecule has 20 heavy (non-hydrogen) atoms. The van der Waals surface area contributed by atoms with Gasteiger partial charge in [-0.25, -0.2) is 9.37 Å². The molecule has 0 saturated heterocycles. The maximum absolute atomic E-state index is 12.0. The van der Waals surface area contributed by atoms with Crippen LogP contribution in [0.3, 0.4) is 0 Å². The third-order valence-electron chi connectivity index (χ3n) is 3.28. The molecular formula is C15H21FN2OS. The van der Waals surface area contributed by atoms with Crippen LogP contribution in [0.2, 0.25) is 0 Å². The summed E-state index contributed by atoms with van der Waals surface area (Å²) in [4.78, 5) is 6.71. The van der Waals surface area contributed by atoms with E-state index in [0.29, 0.717) is 6.61 Å². The number of aryl methyl sites for hydroxylation is 2. The first-order chi connectivity index (χ1) is 9.65. The molecule has 110 valence electrons. The summed E-state index contributed by atoms with van der Waals surface area (Å²) in [7, 11) is 2.05. The molecule has 3 nitrogen and oxygen atoms in total. The minimum Gasteiger partial charge on any atom is -0.377 e. The van der Waals surface area contributed by atoms with Crippen LogP contribution in [0.4, 0.5) is 10.1 Å². The number of hydrogen-bond donors (Lipinski definition) is 0. The van der Waals surface area contributed by atoms with E-state index in [1.807, 2.05) is 14.0 Å². The maximum Gasteiger partial charge on any atom is 0.113 e. The van der Waals surface area contributed by atoms with Gasteiger partial charge in [-0.3, -0.25) is 0 Å². The highest BCUT2D eigenvalue weighted by Gasteiger charge is 2.10. The molecule has 5 heteroatoms. The van der Waals surface area contributed by atoms with Gasteiger partial charge in [0.25, 0.3) is 0 Å². The minimum atomic E-state index is -0.421. The molecule has 2 aromatic rings. The van der Waals surface area contributed by atoms with Crippen LogP contribution in [0.5, 0.6) is 0 Å². The summed E-state index contributed by atoms with van der Waals surface area (Å²) >= 11 is 1.72.